The number of ether oxygens (including phenoxy) is 1. The van der Waals surface area contributed by atoms with Crippen LogP contribution < -0.4 is 4.72 Å². The van der Waals surface area contributed by atoms with Crippen molar-refractivity contribution in [3.8, 4) is 11.1 Å². The number of rotatable bonds is 7. The maximum absolute atomic E-state index is 12.9. The van der Waals surface area contributed by atoms with Crippen molar-refractivity contribution in [2.75, 3.05) is 19.4 Å². The third kappa shape index (κ3) is 6.08. The lowest BCUT2D eigenvalue weighted by molar-refractivity contribution is 0.0618. The molecule has 1 N–H and O–H groups in total. The van der Waals surface area contributed by atoms with Crippen molar-refractivity contribution in [1.82, 2.24) is 9.62 Å². The van der Waals surface area contributed by atoms with Crippen molar-refractivity contribution < 1.29 is 17.9 Å². The number of sulfonamides is 1. The Kier molecular flexibility index (Phi) is 6.62. The summed E-state index contributed by atoms with van der Waals surface area (Å²) in [6.45, 7) is 1.03. The summed E-state index contributed by atoms with van der Waals surface area (Å²) in [6.07, 6.45) is 5.06. The highest BCUT2D eigenvalue weighted by Crippen LogP contribution is 2.30. The standard InChI is InChI=1S/C24H30N2O4S/c1-31(28,29)25-22-11-6-14-26(24(27)30-17-18-12-13-18)23(22)16-19-7-5-10-21(15-19)20-8-3-2-4-9-20/h2-5,7-10,15,18,22-23,25H,6,11-14,16-17H2,1H3/t22-,23-/m1/s1. The summed E-state index contributed by atoms with van der Waals surface area (Å²) in [7, 11) is -3.39. The number of hydrogen-bond donors (Lipinski definition) is 1. The topological polar surface area (TPSA) is 75.7 Å². The maximum atomic E-state index is 12.9. The van der Waals surface area contributed by atoms with Crippen molar-refractivity contribution >= 4 is 16.1 Å². The second-order valence-electron chi connectivity index (χ2n) is 8.69. The first-order valence-electron chi connectivity index (χ1n) is 10.9. The highest BCUT2D eigenvalue weighted by Gasteiger charge is 2.37. The van der Waals surface area contributed by atoms with Crippen molar-refractivity contribution in [2.45, 2.75) is 44.2 Å². The fraction of sp³-hybridized carbons (Fsp3) is 0.458. The molecule has 7 heteroatoms. The first-order valence-corrected chi connectivity index (χ1v) is 12.8. The number of carbonyl (C=O) groups excluding carboxylic acids is 1. The monoisotopic (exact) mass is 442 g/mol. The predicted octanol–water partition coefficient (Wildman–Crippen LogP) is 3.82. The van der Waals surface area contributed by atoms with Gasteiger partial charge >= 0.3 is 6.09 Å². The number of carbonyl (C=O) groups is 1. The van der Waals surface area contributed by atoms with Gasteiger partial charge < -0.3 is 9.64 Å². The van der Waals surface area contributed by atoms with Gasteiger partial charge in [-0.2, -0.15) is 0 Å². The van der Waals surface area contributed by atoms with Gasteiger partial charge in [0, 0.05) is 12.6 Å². The molecule has 31 heavy (non-hydrogen) atoms. The van der Waals surface area contributed by atoms with E-state index in [1.807, 2.05) is 30.3 Å². The van der Waals surface area contributed by atoms with E-state index in [9.17, 15) is 13.2 Å². The van der Waals surface area contributed by atoms with E-state index < -0.39 is 10.0 Å². The molecule has 1 heterocycles. The van der Waals surface area contributed by atoms with Crippen molar-refractivity contribution in [3.05, 3.63) is 60.2 Å². The van der Waals surface area contributed by atoms with Crippen LogP contribution in [0.25, 0.3) is 11.1 Å². The summed E-state index contributed by atoms with van der Waals surface area (Å²) in [6, 6.07) is 17.7. The van der Waals surface area contributed by atoms with E-state index in [1.165, 1.54) is 6.26 Å². The van der Waals surface area contributed by atoms with Crippen LogP contribution in [0.4, 0.5) is 4.79 Å². The predicted molar refractivity (Wildman–Crippen MR) is 121 cm³/mol. The summed E-state index contributed by atoms with van der Waals surface area (Å²) in [5.74, 6) is 0.486. The minimum Gasteiger partial charge on any atom is -0.449 e. The van der Waals surface area contributed by atoms with Gasteiger partial charge in [0.2, 0.25) is 10.0 Å². The largest absolute Gasteiger partial charge is 0.449 e. The van der Waals surface area contributed by atoms with Gasteiger partial charge in [-0.05, 0) is 54.7 Å². The summed E-state index contributed by atoms with van der Waals surface area (Å²) >= 11 is 0. The molecule has 2 fully saturated rings. The normalized spacial score (nSPS) is 21.6. The van der Waals surface area contributed by atoms with Crippen LogP contribution in [0.3, 0.4) is 0 Å². The summed E-state index contributed by atoms with van der Waals surface area (Å²) < 4.78 is 32.3. The van der Waals surface area contributed by atoms with E-state index in [0.717, 1.165) is 36.0 Å². The van der Waals surface area contributed by atoms with Crippen LogP contribution in [0.1, 0.15) is 31.2 Å². The second-order valence-corrected chi connectivity index (χ2v) is 10.5. The summed E-state index contributed by atoms with van der Waals surface area (Å²) in [5.41, 5.74) is 3.29. The molecule has 6 nitrogen and oxygen atoms in total. The number of piperidine rings is 1. The van der Waals surface area contributed by atoms with Crippen molar-refractivity contribution in [2.24, 2.45) is 5.92 Å². The average Bonchev–Trinajstić information content (AvgIpc) is 3.58. The number of amides is 1. The Balaban J connectivity index is 1.57. The number of likely N-dealkylation sites (tertiary alicyclic amines) is 1. The van der Waals surface area contributed by atoms with Gasteiger partial charge in [0.25, 0.3) is 0 Å². The lowest BCUT2D eigenvalue weighted by Crippen LogP contribution is -2.57. The van der Waals surface area contributed by atoms with Gasteiger partial charge in [0.15, 0.2) is 0 Å². The Morgan fingerprint density at radius 2 is 1.81 bits per heavy atom. The Hall–Kier alpha value is -2.38. The first kappa shape index (κ1) is 21.8. The molecule has 2 aromatic rings. The SMILES string of the molecule is CS(=O)(=O)N[C@@H]1CCCN(C(=O)OCC2CC2)[C@@H]1Cc1cccc(-c2ccccc2)c1. The van der Waals surface area contributed by atoms with Crippen molar-refractivity contribution in [3.63, 3.8) is 0 Å². The number of hydrogen-bond acceptors (Lipinski definition) is 4. The molecule has 0 radical (unpaired) electrons. The molecular weight excluding hydrogens is 412 g/mol. The third-order valence-corrected chi connectivity index (χ3v) is 6.73. The Morgan fingerprint density at radius 3 is 2.52 bits per heavy atom. The molecule has 4 rings (SSSR count). The first-order chi connectivity index (χ1) is 14.9. The summed E-state index contributed by atoms with van der Waals surface area (Å²) in [4.78, 5) is 14.6. The molecule has 1 saturated carbocycles. The number of benzene rings is 2. The highest BCUT2D eigenvalue weighted by molar-refractivity contribution is 7.88. The molecule has 1 aliphatic carbocycles. The number of nitrogens with zero attached hydrogens (tertiary/aromatic N) is 1. The molecule has 1 aliphatic heterocycles. The fourth-order valence-electron chi connectivity index (χ4n) is 4.26. The molecule has 166 valence electrons. The van der Waals surface area contributed by atoms with E-state index in [4.69, 9.17) is 4.74 Å². The molecule has 2 aliphatic rings. The zero-order valence-electron chi connectivity index (χ0n) is 17.9. The molecule has 2 aromatic carbocycles. The van der Waals surface area contributed by atoms with Crippen LogP contribution >= 0.6 is 0 Å². The minimum absolute atomic E-state index is 0.291. The molecule has 0 unspecified atom stereocenters. The molecule has 1 amide bonds. The maximum Gasteiger partial charge on any atom is 0.410 e. The molecular formula is C24H30N2O4S. The lowest BCUT2D eigenvalue weighted by atomic mass is 9.90. The molecule has 0 bridgehead atoms. The van der Waals surface area contributed by atoms with Crippen molar-refractivity contribution in [1.29, 1.82) is 0 Å². The van der Waals surface area contributed by atoms with Crippen LogP contribution in [0.5, 0.6) is 0 Å². The van der Waals surface area contributed by atoms with E-state index in [1.54, 1.807) is 4.90 Å². The zero-order chi connectivity index (χ0) is 21.8. The Bertz CT molecular complexity index is 1010. The van der Waals surface area contributed by atoms with Crippen LogP contribution in [-0.4, -0.2) is 50.9 Å². The van der Waals surface area contributed by atoms with Crippen LogP contribution in [0.15, 0.2) is 54.6 Å². The van der Waals surface area contributed by atoms with E-state index >= 15 is 0 Å². The zero-order valence-corrected chi connectivity index (χ0v) is 18.7. The Morgan fingerprint density at radius 1 is 1.06 bits per heavy atom. The highest BCUT2D eigenvalue weighted by atomic mass is 32.2. The fourth-order valence-corrected chi connectivity index (χ4v) is 5.08. The van der Waals surface area contributed by atoms with Gasteiger partial charge in [-0.1, -0.05) is 54.6 Å². The van der Waals surface area contributed by atoms with Crippen LogP contribution in [0.2, 0.25) is 0 Å². The average molecular weight is 443 g/mol. The summed E-state index contributed by atoms with van der Waals surface area (Å²) in [5, 5.41) is 0. The number of nitrogens with one attached hydrogen (secondary N) is 1. The van der Waals surface area contributed by atoms with Gasteiger partial charge in [-0.15, -0.1) is 0 Å². The molecule has 0 spiro atoms. The molecule has 2 atom stereocenters. The van der Waals surface area contributed by atoms with Gasteiger partial charge in [-0.3, -0.25) is 0 Å². The van der Waals surface area contributed by atoms with Crippen LogP contribution in [-0.2, 0) is 21.2 Å². The quantitative estimate of drug-likeness (QED) is 0.707. The second kappa shape index (κ2) is 9.40. The van der Waals surface area contributed by atoms with Gasteiger partial charge in [0.1, 0.15) is 0 Å². The van der Waals surface area contributed by atoms with Gasteiger partial charge in [0.05, 0.1) is 18.9 Å². The Labute approximate surface area is 184 Å². The minimum atomic E-state index is -3.39. The van der Waals surface area contributed by atoms with E-state index in [0.29, 0.717) is 31.9 Å². The molecule has 1 saturated heterocycles. The van der Waals surface area contributed by atoms with E-state index in [-0.39, 0.29) is 18.2 Å². The van der Waals surface area contributed by atoms with E-state index in [2.05, 4.69) is 29.0 Å². The lowest BCUT2D eigenvalue weighted by Gasteiger charge is -2.40. The van der Waals surface area contributed by atoms with Gasteiger partial charge in [-0.25, -0.2) is 17.9 Å². The van der Waals surface area contributed by atoms with Crippen LogP contribution in [0, 0.1) is 5.92 Å². The molecule has 0 aromatic heterocycles. The third-order valence-electron chi connectivity index (χ3n) is 6.00. The smallest absolute Gasteiger partial charge is 0.410 e.